The van der Waals surface area contributed by atoms with Crippen molar-refractivity contribution in [3.05, 3.63) is 64.7 Å². The zero-order valence-electron chi connectivity index (χ0n) is 20.6. The molecule has 0 saturated carbocycles. The highest BCUT2D eigenvalue weighted by molar-refractivity contribution is 7.89. The summed E-state index contributed by atoms with van der Waals surface area (Å²) in [5.41, 5.74) is 6.25. The van der Waals surface area contributed by atoms with Crippen LogP contribution in [0, 0.1) is 0 Å². The number of aliphatic hydroxyl groups is 1. The largest absolute Gasteiger partial charge is 0.378 e. The van der Waals surface area contributed by atoms with Gasteiger partial charge in [-0.15, -0.1) is 11.3 Å². The highest BCUT2D eigenvalue weighted by Crippen LogP contribution is 2.33. The van der Waals surface area contributed by atoms with Crippen LogP contribution >= 0.6 is 11.3 Å². The van der Waals surface area contributed by atoms with Crippen molar-refractivity contribution in [3.8, 4) is 0 Å². The molecule has 2 aromatic carbocycles. The number of hydrogen-bond donors (Lipinski definition) is 1. The van der Waals surface area contributed by atoms with Crippen molar-refractivity contribution in [1.29, 1.82) is 0 Å². The van der Waals surface area contributed by atoms with Gasteiger partial charge in [-0.05, 0) is 54.1 Å². The van der Waals surface area contributed by atoms with Crippen molar-refractivity contribution < 1.29 is 18.3 Å². The van der Waals surface area contributed by atoms with E-state index in [0.29, 0.717) is 31.7 Å². The van der Waals surface area contributed by atoms with Crippen LogP contribution in [0.3, 0.4) is 0 Å². The highest BCUT2D eigenvalue weighted by Gasteiger charge is 2.39. The number of likely N-dealkylation sites (tertiary alicyclic amines) is 1. The van der Waals surface area contributed by atoms with Crippen molar-refractivity contribution in [3.63, 3.8) is 0 Å². The lowest BCUT2D eigenvalue weighted by atomic mass is 9.95. The van der Waals surface area contributed by atoms with Crippen LogP contribution in [0.15, 0.2) is 64.0 Å². The van der Waals surface area contributed by atoms with Crippen molar-refractivity contribution in [1.82, 2.24) is 19.1 Å². The minimum Gasteiger partial charge on any atom is -0.378 e. The number of likely N-dealkylation sites (N-methyl/N-ethyl adjacent to an activating group) is 1. The summed E-state index contributed by atoms with van der Waals surface area (Å²) in [6.07, 6.45) is -1.21. The molecule has 0 bridgehead atoms. The second-order valence-corrected chi connectivity index (χ2v) is 12.8. The van der Waals surface area contributed by atoms with E-state index in [4.69, 9.17) is 0 Å². The van der Waals surface area contributed by atoms with E-state index in [1.807, 2.05) is 18.2 Å². The molecule has 11 heteroatoms. The van der Waals surface area contributed by atoms with Crippen LogP contribution in [-0.4, -0.2) is 97.9 Å². The van der Waals surface area contributed by atoms with E-state index in [2.05, 4.69) is 21.8 Å². The number of aliphatic hydroxyl groups excluding tert-OH is 1. The summed E-state index contributed by atoms with van der Waals surface area (Å²) in [6, 6.07) is 12.6. The SMILES string of the molecule is CN1CCN(c2cccc(C(O)C(=O)N3CC(=C4CN(S(=O)(=O)c5ccc6ncsc6c5)C4)C3)c2)CC1. The van der Waals surface area contributed by atoms with Crippen LogP contribution in [0.25, 0.3) is 10.2 Å². The third-order valence-corrected chi connectivity index (χ3v) is 10.1. The van der Waals surface area contributed by atoms with E-state index in [-0.39, 0.29) is 10.8 Å². The Kier molecular flexibility index (Phi) is 6.28. The third kappa shape index (κ3) is 4.55. The number of hydrogen-bond acceptors (Lipinski definition) is 8. The number of anilines is 1. The molecule has 1 aromatic heterocycles. The van der Waals surface area contributed by atoms with E-state index in [9.17, 15) is 18.3 Å². The Morgan fingerprint density at radius 2 is 1.73 bits per heavy atom. The second kappa shape index (κ2) is 9.48. The molecule has 3 saturated heterocycles. The molecule has 37 heavy (non-hydrogen) atoms. The average Bonchev–Trinajstić information content (AvgIpc) is 3.32. The van der Waals surface area contributed by atoms with Crippen LogP contribution in [0.2, 0.25) is 0 Å². The van der Waals surface area contributed by atoms with E-state index in [0.717, 1.165) is 53.2 Å². The predicted molar refractivity (Wildman–Crippen MR) is 143 cm³/mol. The summed E-state index contributed by atoms with van der Waals surface area (Å²) in [7, 11) is -1.46. The molecule has 3 aliphatic rings. The van der Waals surface area contributed by atoms with Gasteiger partial charge in [0, 0.05) is 58.0 Å². The lowest BCUT2D eigenvalue weighted by Gasteiger charge is -2.42. The van der Waals surface area contributed by atoms with Gasteiger partial charge in [-0.1, -0.05) is 12.1 Å². The maximum absolute atomic E-state index is 13.0. The average molecular weight is 540 g/mol. The summed E-state index contributed by atoms with van der Waals surface area (Å²) >= 11 is 1.42. The van der Waals surface area contributed by atoms with E-state index in [1.54, 1.807) is 34.7 Å². The molecule has 9 nitrogen and oxygen atoms in total. The second-order valence-electron chi connectivity index (χ2n) is 9.94. The summed E-state index contributed by atoms with van der Waals surface area (Å²) in [5.74, 6) is -0.318. The number of thiazole rings is 1. The molecule has 3 aromatic rings. The van der Waals surface area contributed by atoms with Crippen molar-refractivity contribution >= 4 is 43.2 Å². The molecule has 4 heterocycles. The molecule has 0 spiro atoms. The number of rotatable bonds is 5. The molecule has 6 rings (SSSR count). The molecule has 3 aliphatic heterocycles. The third-order valence-electron chi connectivity index (χ3n) is 7.54. The van der Waals surface area contributed by atoms with E-state index in [1.165, 1.54) is 15.6 Å². The normalized spacial score (nSPS) is 20.2. The number of fused-ring (bicyclic) bond motifs is 1. The number of benzene rings is 2. The molecular formula is C26H29N5O4S2. The van der Waals surface area contributed by atoms with Gasteiger partial charge in [-0.25, -0.2) is 13.4 Å². The van der Waals surface area contributed by atoms with Crippen molar-refractivity contribution in [2.24, 2.45) is 0 Å². The first kappa shape index (κ1) is 24.5. The monoisotopic (exact) mass is 539 g/mol. The van der Waals surface area contributed by atoms with Gasteiger partial charge < -0.3 is 19.8 Å². The minimum atomic E-state index is -3.57. The van der Waals surface area contributed by atoms with Gasteiger partial charge in [0.05, 0.1) is 20.6 Å². The number of amides is 1. The molecule has 0 radical (unpaired) electrons. The van der Waals surface area contributed by atoms with Crippen LogP contribution in [0.1, 0.15) is 11.7 Å². The summed E-state index contributed by atoms with van der Waals surface area (Å²) in [6.45, 7) is 5.35. The molecular weight excluding hydrogens is 510 g/mol. The minimum absolute atomic E-state index is 0.278. The zero-order valence-corrected chi connectivity index (χ0v) is 22.2. The van der Waals surface area contributed by atoms with Gasteiger partial charge in [0.25, 0.3) is 5.91 Å². The van der Waals surface area contributed by atoms with Gasteiger partial charge in [0.2, 0.25) is 10.0 Å². The first-order valence-corrected chi connectivity index (χ1v) is 14.6. The Bertz CT molecular complexity index is 1480. The van der Waals surface area contributed by atoms with E-state index >= 15 is 0 Å². The highest BCUT2D eigenvalue weighted by atomic mass is 32.2. The van der Waals surface area contributed by atoms with Crippen molar-refractivity contribution in [2.75, 3.05) is 64.3 Å². The first-order chi connectivity index (χ1) is 17.8. The summed E-state index contributed by atoms with van der Waals surface area (Å²) in [5, 5.41) is 10.8. The van der Waals surface area contributed by atoms with Gasteiger partial charge in [-0.2, -0.15) is 4.31 Å². The number of piperazine rings is 1. The summed E-state index contributed by atoms with van der Waals surface area (Å²) in [4.78, 5) is 23.6. The number of nitrogens with zero attached hydrogens (tertiary/aromatic N) is 5. The van der Waals surface area contributed by atoms with Gasteiger partial charge in [0.15, 0.2) is 6.10 Å². The fourth-order valence-electron chi connectivity index (χ4n) is 4.98. The number of sulfonamides is 1. The summed E-state index contributed by atoms with van der Waals surface area (Å²) < 4.78 is 28.3. The Hall–Kier alpha value is -2.83. The molecule has 194 valence electrons. The van der Waals surface area contributed by atoms with Gasteiger partial charge >= 0.3 is 0 Å². The van der Waals surface area contributed by atoms with Crippen LogP contribution in [0.5, 0.6) is 0 Å². The Balaban J connectivity index is 1.06. The lowest BCUT2D eigenvalue weighted by molar-refractivity contribution is -0.142. The quantitative estimate of drug-likeness (QED) is 0.495. The van der Waals surface area contributed by atoms with Crippen molar-refractivity contribution in [2.45, 2.75) is 11.0 Å². The maximum atomic E-state index is 13.0. The Labute approximate surface area is 220 Å². The van der Waals surface area contributed by atoms with Gasteiger partial charge in [0.1, 0.15) is 0 Å². The van der Waals surface area contributed by atoms with Crippen LogP contribution in [-0.2, 0) is 14.8 Å². The molecule has 1 N–H and O–H groups in total. The predicted octanol–water partition coefficient (Wildman–Crippen LogP) is 1.92. The smallest absolute Gasteiger partial charge is 0.256 e. The van der Waals surface area contributed by atoms with Crippen LogP contribution < -0.4 is 4.90 Å². The molecule has 0 aliphatic carbocycles. The molecule has 1 atom stereocenters. The Morgan fingerprint density at radius 3 is 2.49 bits per heavy atom. The number of carbonyl (C=O) groups is 1. The van der Waals surface area contributed by atoms with Gasteiger partial charge in [-0.3, -0.25) is 4.79 Å². The molecule has 1 amide bonds. The van der Waals surface area contributed by atoms with E-state index < -0.39 is 16.1 Å². The number of aromatic nitrogens is 1. The molecule has 1 unspecified atom stereocenters. The zero-order chi connectivity index (χ0) is 25.7. The standard InChI is InChI=1S/C26H29N5O4S2/c1-28-7-9-29(10-8-28)21-4-2-3-18(11-21)25(32)26(33)30-13-19(14-30)20-15-31(16-20)37(34,35)22-5-6-23-24(12-22)36-17-27-23/h2-6,11-12,17,25,32H,7-10,13-16H2,1H3. The lowest BCUT2D eigenvalue weighted by Crippen LogP contribution is -2.52. The Morgan fingerprint density at radius 1 is 1.00 bits per heavy atom. The first-order valence-electron chi connectivity index (χ1n) is 12.3. The number of carbonyl (C=O) groups excluding carboxylic acids is 1. The van der Waals surface area contributed by atoms with Crippen LogP contribution in [0.4, 0.5) is 5.69 Å². The maximum Gasteiger partial charge on any atom is 0.256 e. The topological polar surface area (TPSA) is 97.3 Å². The fourth-order valence-corrected chi connectivity index (χ4v) is 7.23. The molecule has 3 fully saturated rings. The fraction of sp³-hybridized carbons (Fsp3) is 0.385.